The summed E-state index contributed by atoms with van der Waals surface area (Å²) in [6.45, 7) is 2.20. The predicted molar refractivity (Wildman–Crippen MR) is 66.6 cm³/mol. The van der Waals surface area contributed by atoms with Gasteiger partial charge >= 0.3 is 5.69 Å². The molecule has 0 amide bonds. The van der Waals surface area contributed by atoms with Gasteiger partial charge in [-0.1, -0.05) is 23.2 Å². The lowest BCUT2D eigenvalue weighted by Crippen LogP contribution is -2.23. The van der Waals surface area contributed by atoms with Crippen LogP contribution in [0, 0.1) is 6.92 Å². The number of nitrogens with zero attached hydrogens (tertiary/aromatic N) is 3. The Bertz CT molecular complexity index is 610. The number of aromatic nitrogens is 3. The lowest BCUT2D eigenvalue weighted by molar-refractivity contribution is 0.719. The summed E-state index contributed by atoms with van der Waals surface area (Å²) < 4.78 is 1.48. The molecule has 0 aliphatic carbocycles. The highest BCUT2D eigenvalue weighted by atomic mass is 35.5. The van der Waals surface area contributed by atoms with E-state index < -0.39 is 0 Å². The molecule has 0 saturated heterocycles. The molecule has 88 valence electrons. The third kappa shape index (κ3) is 2.84. The molecule has 6 heteroatoms. The minimum absolute atomic E-state index is 0.318. The lowest BCUT2D eigenvalue weighted by Gasteiger charge is -2.07. The second-order valence-electron chi connectivity index (χ2n) is 3.64. The van der Waals surface area contributed by atoms with Crippen LogP contribution in [-0.4, -0.2) is 14.5 Å². The van der Waals surface area contributed by atoms with Gasteiger partial charge in [0.15, 0.2) is 0 Å². The summed E-state index contributed by atoms with van der Waals surface area (Å²) >= 11 is 11.7. The van der Waals surface area contributed by atoms with Crippen molar-refractivity contribution in [2.75, 3.05) is 0 Å². The second-order valence-corrected chi connectivity index (χ2v) is 4.43. The SMILES string of the molecule is Cc1cnc(=O)n(Cc2cnc(Cl)cc2Cl)c1. The molecule has 2 aromatic heterocycles. The van der Waals surface area contributed by atoms with Crippen LogP contribution < -0.4 is 5.69 Å². The van der Waals surface area contributed by atoms with Crippen LogP contribution in [0.5, 0.6) is 0 Å². The number of aryl methyl sites for hydroxylation is 1. The number of pyridine rings is 1. The third-order valence-electron chi connectivity index (χ3n) is 2.22. The Hall–Kier alpha value is -1.39. The first kappa shape index (κ1) is 12.1. The fraction of sp³-hybridized carbons (Fsp3) is 0.182. The van der Waals surface area contributed by atoms with Gasteiger partial charge in [-0.05, 0) is 18.6 Å². The fourth-order valence-corrected chi connectivity index (χ4v) is 1.84. The van der Waals surface area contributed by atoms with Crippen LogP contribution in [0.25, 0.3) is 0 Å². The molecule has 4 nitrogen and oxygen atoms in total. The van der Waals surface area contributed by atoms with Crippen LogP contribution in [0.4, 0.5) is 0 Å². The maximum Gasteiger partial charge on any atom is 0.347 e. The van der Waals surface area contributed by atoms with E-state index in [1.54, 1.807) is 18.5 Å². The van der Waals surface area contributed by atoms with Crippen LogP contribution in [0.15, 0.2) is 29.5 Å². The maximum absolute atomic E-state index is 11.5. The predicted octanol–water partition coefficient (Wildman–Crippen LogP) is 2.30. The summed E-state index contributed by atoms with van der Waals surface area (Å²) in [6.07, 6.45) is 4.81. The van der Waals surface area contributed by atoms with Crippen molar-refractivity contribution in [2.24, 2.45) is 0 Å². The first-order chi connectivity index (χ1) is 8.06. The fourth-order valence-electron chi connectivity index (χ4n) is 1.41. The molecule has 0 radical (unpaired) electrons. The molecular formula is C11H9Cl2N3O. The van der Waals surface area contributed by atoms with Crippen molar-refractivity contribution in [2.45, 2.75) is 13.5 Å². The molecule has 0 fully saturated rings. The Kier molecular flexibility index (Phi) is 3.45. The minimum Gasteiger partial charge on any atom is -0.294 e. The Morgan fingerprint density at radius 1 is 1.29 bits per heavy atom. The van der Waals surface area contributed by atoms with Gasteiger partial charge in [0.25, 0.3) is 0 Å². The van der Waals surface area contributed by atoms with Crippen LogP contribution >= 0.6 is 23.2 Å². The quantitative estimate of drug-likeness (QED) is 0.787. The normalized spacial score (nSPS) is 10.5. The highest BCUT2D eigenvalue weighted by Crippen LogP contribution is 2.19. The summed E-state index contributed by atoms with van der Waals surface area (Å²) in [4.78, 5) is 19.2. The van der Waals surface area contributed by atoms with E-state index in [0.29, 0.717) is 16.7 Å². The van der Waals surface area contributed by atoms with Gasteiger partial charge in [-0.15, -0.1) is 0 Å². The molecule has 0 N–H and O–H groups in total. The van der Waals surface area contributed by atoms with Crippen molar-refractivity contribution in [3.05, 3.63) is 56.4 Å². The summed E-state index contributed by atoms with van der Waals surface area (Å²) in [6, 6.07) is 1.55. The van der Waals surface area contributed by atoms with Gasteiger partial charge in [-0.3, -0.25) is 4.57 Å². The number of halogens is 2. The first-order valence-electron chi connectivity index (χ1n) is 4.89. The molecule has 2 aromatic rings. The van der Waals surface area contributed by atoms with Gasteiger partial charge in [0.1, 0.15) is 5.15 Å². The summed E-state index contributed by atoms with van der Waals surface area (Å²) in [5.41, 5.74) is 1.31. The highest BCUT2D eigenvalue weighted by molar-refractivity contribution is 6.34. The Morgan fingerprint density at radius 2 is 2.06 bits per heavy atom. The van der Waals surface area contributed by atoms with E-state index in [0.717, 1.165) is 11.1 Å². The molecule has 0 aromatic carbocycles. The summed E-state index contributed by atoms with van der Waals surface area (Å²) in [5.74, 6) is 0. The van der Waals surface area contributed by atoms with Crippen molar-refractivity contribution in [3.8, 4) is 0 Å². The van der Waals surface area contributed by atoms with Crippen LogP contribution in [0.3, 0.4) is 0 Å². The zero-order valence-corrected chi connectivity index (χ0v) is 10.5. The largest absolute Gasteiger partial charge is 0.347 e. The van der Waals surface area contributed by atoms with E-state index in [9.17, 15) is 4.79 Å². The number of hydrogen-bond acceptors (Lipinski definition) is 3. The average molecular weight is 270 g/mol. The zero-order valence-electron chi connectivity index (χ0n) is 9.02. The monoisotopic (exact) mass is 269 g/mol. The van der Waals surface area contributed by atoms with Gasteiger partial charge in [0.2, 0.25) is 0 Å². The van der Waals surface area contributed by atoms with E-state index in [1.165, 1.54) is 10.8 Å². The Morgan fingerprint density at radius 3 is 2.76 bits per heavy atom. The van der Waals surface area contributed by atoms with Crippen molar-refractivity contribution in [1.82, 2.24) is 14.5 Å². The summed E-state index contributed by atoms with van der Waals surface area (Å²) in [7, 11) is 0. The number of hydrogen-bond donors (Lipinski definition) is 0. The van der Waals surface area contributed by atoms with Crippen LogP contribution in [-0.2, 0) is 6.54 Å². The number of rotatable bonds is 2. The molecule has 0 aliphatic rings. The van der Waals surface area contributed by atoms with Gasteiger partial charge in [-0.25, -0.2) is 14.8 Å². The van der Waals surface area contributed by atoms with Gasteiger partial charge < -0.3 is 0 Å². The van der Waals surface area contributed by atoms with Crippen molar-refractivity contribution >= 4 is 23.2 Å². The third-order valence-corrected chi connectivity index (χ3v) is 2.78. The molecule has 0 aliphatic heterocycles. The highest BCUT2D eigenvalue weighted by Gasteiger charge is 2.05. The molecule has 0 spiro atoms. The van der Waals surface area contributed by atoms with Crippen LogP contribution in [0.2, 0.25) is 10.2 Å². The lowest BCUT2D eigenvalue weighted by atomic mass is 10.3. The summed E-state index contributed by atoms with van der Waals surface area (Å²) in [5, 5.41) is 0.812. The maximum atomic E-state index is 11.5. The van der Waals surface area contributed by atoms with E-state index in [2.05, 4.69) is 9.97 Å². The van der Waals surface area contributed by atoms with Crippen molar-refractivity contribution in [1.29, 1.82) is 0 Å². The molecule has 0 unspecified atom stereocenters. The first-order valence-corrected chi connectivity index (χ1v) is 5.65. The van der Waals surface area contributed by atoms with Crippen molar-refractivity contribution in [3.63, 3.8) is 0 Å². The topological polar surface area (TPSA) is 47.8 Å². The van der Waals surface area contributed by atoms with E-state index >= 15 is 0 Å². The Balaban J connectivity index is 2.38. The standard InChI is InChI=1S/C11H9Cl2N3O/c1-7-3-15-11(17)16(5-7)6-8-4-14-10(13)2-9(8)12/h2-5H,6H2,1H3. The van der Waals surface area contributed by atoms with Gasteiger partial charge in [0, 0.05) is 24.2 Å². The molecule has 0 saturated carbocycles. The van der Waals surface area contributed by atoms with Gasteiger partial charge in [-0.2, -0.15) is 0 Å². The van der Waals surface area contributed by atoms with Crippen molar-refractivity contribution < 1.29 is 0 Å². The Labute approximate surface area is 108 Å². The molecule has 0 bridgehead atoms. The molecular weight excluding hydrogens is 261 g/mol. The smallest absolute Gasteiger partial charge is 0.294 e. The molecule has 2 rings (SSSR count). The second kappa shape index (κ2) is 4.85. The molecule has 2 heterocycles. The van der Waals surface area contributed by atoms with Gasteiger partial charge in [0.05, 0.1) is 11.6 Å². The van der Waals surface area contributed by atoms with Crippen LogP contribution in [0.1, 0.15) is 11.1 Å². The van der Waals surface area contributed by atoms with E-state index in [4.69, 9.17) is 23.2 Å². The minimum atomic E-state index is -0.318. The van der Waals surface area contributed by atoms with E-state index in [1.807, 2.05) is 6.92 Å². The molecule has 17 heavy (non-hydrogen) atoms. The average Bonchev–Trinajstić information content (AvgIpc) is 2.27. The zero-order chi connectivity index (χ0) is 12.4. The molecule has 0 atom stereocenters. The van der Waals surface area contributed by atoms with E-state index in [-0.39, 0.29) is 5.69 Å².